The molecule has 0 spiro atoms. The fraction of sp³-hybridized carbons (Fsp3) is 0. The zero-order chi connectivity index (χ0) is 2.71. The van der Waals surface area contributed by atoms with E-state index in [1.807, 2.05) is 0 Å². The van der Waals surface area contributed by atoms with E-state index < -0.39 is 37.8 Å². The molecule has 0 aromatic rings. The van der Waals surface area contributed by atoms with Gasteiger partial charge < -0.3 is 0 Å². The predicted octanol–water partition coefficient (Wildman–Crippen LogP) is -0.618. The summed E-state index contributed by atoms with van der Waals surface area (Å²) in [5, 5.41) is 0. The summed E-state index contributed by atoms with van der Waals surface area (Å²) in [7, 11) is 0. The predicted molar refractivity (Wildman–Crippen MR) is 7.13 cm³/mol. The Morgan fingerprint density at radius 1 is 1.25 bits per heavy atom. The first-order valence-electron chi connectivity index (χ1n) is 0.408. The first-order valence-corrected chi connectivity index (χ1v) is 2.97. The van der Waals surface area contributed by atoms with E-state index in [0.717, 1.165) is 0 Å². The van der Waals surface area contributed by atoms with Gasteiger partial charge in [-0.05, 0) is 0 Å². The van der Waals surface area contributed by atoms with Crippen molar-refractivity contribution < 1.29 is 39.7 Å². The second-order valence-electron chi connectivity index (χ2n) is 0.0833. The molecule has 0 heterocycles. The van der Waals surface area contributed by atoms with Gasteiger partial charge in [-0.3, -0.25) is 0 Å². The monoisotopic (exact) mass is 212 g/mol. The van der Waals surface area contributed by atoms with Gasteiger partial charge in [0.15, 0.2) is 0 Å². The van der Waals surface area contributed by atoms with Crippen LogP contribution in [0, 0.1) is 37.8 Å². The zero-order valence-electron chi connectivity index (χ0n) is 2.02. The molecule has 0 saturated heterocycles. The third kappa shape index (κ3) is 8.87. The van der Waals surface area contributed by atoms with Crippen molar-refractivity contribution in [3.63, 3.8) is 0 Å². The summed E-state index contributed by atoms with van der Waals surface area (Å²) in [6, 6.07) is 0. The van der Waals surface area contributed by atoms with Crippen molar-refractivity contribution in [3.8, 4) is 0 Å². The average molecular weight is 212 g/mol. The van der Waals surface area contributed by atoms with E-state index in [0.29, 0.717) is 0 Å². The Morgan fingerprint density at radius 3 is 1.25 bits per heavy atom. The summed E-state index contributed by atoms with van der Waals surface area (Å²) < 4.78 is 17.1. The molecule has 0 saturated carbocycles. The molecule has 0 N–H and O–H groups in total. The molecule has 0 aliphatic rings. The van der Waals surface area contributed by atoms with Gasteiger partial charge in [-0.1, -0.05) is 0 Å². The normalized spacial score (nSPS) is 2.00. The van der Waals surface area contributed by atoms with Crippen LogP contribution in [0.3, 0.4) is 0 Å². The van der Waals surface area contributed by atoms with Crippen LogP contribution < -0.4 is 0 Å². The molecule has 2 nitrogen and oxygen atoms in total. The molecule has 0 amide bonds. The standard InChI is InChI=1S/Ca.Ce.2O. The van der Waals surface area contributed by atoms with Gasteiger partial charge in [0, 0.05) is 37.7 Å². The van der Waals surface area contributed by atoms with Crippen LogP contribution in [0.25, 0.3) is 0 Å². The second-order valence-corrected chi connectivity index (χ2v) is 0.607. The van der Waals surface area contributed by atoms with Gasteiger partial charge in [0.1, 0.15) is 0 Å². The minimum absolute atomic E-state index is 0. The van der Waals surface area contributed by atoms with Crippen LogP contribution in [0.4, 0.5) is 0 Å². The summed E-state index contributed by atoms with van der Waals surface area (Å²) in [5.74, 6) is 0. The Hall–Kier alpha value is 2.24. The van der Waals surface area contributed by atoms with E-state index in [-0.39, 0.29) is 37.7 Å². The Kier molecular flexibility index (Phi) is 21.4. The van der Waals surface area contributed by atoms with Crippen LogP contribution in [0.2, 0.25) is 0 Å². The van der Waals surface area contributed by atoms with Crippen molar-refractivity contribution in [3.05, 3.63) is 0 Å². The van der Waals surface area contributed by atoms with Crippen LogP contribution in [0.5, 0.6) is 0 Å². The van der Waals surface area contributed by atoms with E-state index in [1.165, 1.54) is 0 Å². The molecule has 0 bridgehead atoms. The molecule has 0 aromatic carbocycles. The van der Waals surface area contributed by atoms with E-state index in [9.17, 15) is 0 Å². The molecule has 4 heteroatoms. The summed E-state index contributed by atoms with van der Waals surface area (Å²) >= 11 is -2.42. The zero-order valence-corrected chi connectivity index (χ0v) is 7.37. The SMILES string of the molecule is [Ca].[O]=[Ce]=[O]. The van der Waals surface area contributed by atoms with Crippen LogP contribution in [-0.2, 0) is 1.88 Å². The van der Waals surface area contributed by atoms with Crippen molar-refractivity contribution in [2.45, 2.75) is 0 Å². The molecule has 18 valence electrons. The molecule has 0 aliphatic heterocycles. The van der Waals surface area contributed by atoms with Gasteiger partial charge >= 0.3 is 39.7 Å². The summed E-state index contributed by atoms with van der Waals surface area (Å²) in [4.78, 5) is 0. The van der Waals surface area contributed by atoms with Crippen molar-refractivity contribution in [1.82, 2.24) is 0 Å². The number of rotatable bonds is 0. The fourth-order valence-electron chi connectivity index (χ4n) is 0. The van der Waals surface area contributed by atoms with Gasteiger partial charge in [-0.15, -0.1) is 0 Å². The van der Waals surface area contributed by atoms with E-state index >= 15 is 0 Å². The molecular formula is CaCeO2. The Balaban J connectivity index is 0. The van der Waals surface area contributed by atoms with E-state index in [2.05, 4.69) is 0 Å². The average Bonchev–Trinajstić information content (AvgIpc) is 0.918. The number of hydrogen-bond acceptors (Lipinski definition) is 2. The van der Waals surface area contributed by atoms with E-state index in [1.54, 1.807) is 0 Å². The van der Waals surface area contributed by atoms with Crippen LogP contribution >= 0.6 is 0 Å². The van der Waals surface area contributed by atoms with Crippen molar-refractivity contribution in [1.29, 1.82) is 0 Å². The molecule has 0 aromatic heterocycles. The second kappa shape index (κ2) is 8.97. The Bertz CT molecular complexity index is 27.0. The maximum atomic E-state index is 8.57. The summed E-state index contributed by atoms with van der Waals surface area (Å²) in [6.07, 6.45) is 0. The third-order valence-electron chi connectivity index (χ3n) is 0. The first-order chi connectivity index (χ1) is 1.41. The van der Waals surface area contributed by atoms with Crippen LogP contribution in [0.1, 0.15) is 0 Å². The van der Waals surface area contributed by atoms with E-state index in [4.69, 9.17) is 1.88 Å². The molecule has 0 fully saturated rings. The molecule has 0 atom stereocenters. The van der Waals surface area contributed by atoms with Crippen LogP contribution in [-0.4, -0.2) is 37.7 Å². The summed E-state index contributed by atoms with van der Waals surface area (Å²) in [5.41, 5.74) is 0. The van der Waals surface area contributed by atoms with Gasteiger partial charge in [0.2, 0.25) is 0 Å². The van der Waals surface area contributed by atoms with Gasteiger partial charge in [-0.2, -0.15) is 0 Å². The third-order valence-corrected chi connectivity index (χ3v) is 0. The van der Waals surface area contributed by atoms with Crippen molar-refractivity contribution >= 4 is 37.7 Å². The van der Waals surface area contributed by atoms with Crippen molar-refractivity contribution in [2.24, 2.45) is 0 Å². The van der Waals surface area contributed by atoms with Gasteiger partial charge in [0.05, 0.1) is 0 Å². The number of hydrogen-bond donors (Lipinski definition) is 0. The Labute approximate surface area is 75.3 Å². The molecular weight excluding hydrogens is 212 g/mol. The molecule has 0 aliphatic carbocycles. The quantitative estimate of drug-likeness (QED) is 0.502. The topological polar surface area (TPSA) is 34.1 Å². The fourth-order valence-corrected chi connectivity index (χ4v) is 0. The summed E-state index contributed by atoms with van der Waals surface area (Å²) in [6.45, 7) is 0. The maximum absolute atomic E-state index is 8.57. The van der Waals surface area contributed by atoms with Gasteiger partial charge in [-0.25, -0.2) is 0 Å². The molecule has 0 rings (SSSR count). The van der Waals surface area contributed by atoms with Crippen molar-refractivity contribution in [2.75, 3.05) is 0 Å². The molecule has 4 heavy (non-hydrogen) atoms. The molecule has 2 radical (unpaired) electrons. The van der Waals surface area contributed by atoms with Crippen LogP contribution in [0.15, 0.2) is 0 Å². The minimum atomic E-state index is -2.42. The molecule has 0 unspecified atom stereocenters. The Morgan fingerprint density at radius 2 is 1.25 bits per heavy atom. The van der Waals surface area contributed by atoms with Gasteiger partial charge in [0.25, 0.3) is 0 Å². The first kappa shape index (κ1) is 9.53.